The highest BCUT2D eigenvalue weighted by molar-refractivity contribution is 7.99. The van der Waals surface area contributed by atoms with Crippen LogP contribution in [0.15, 0.2) is 64.6 Å². The molecule has 2 aromatic rings. The first-order valence-corrected chi connectivity index (χ1v) is 9.97. The number of ether oxygens (including phenoxy) is 3. The summed E-state index contributed by atoms with van der Waals surface area (Å²) < 4.78 is 17.9. The van der Waals surface area contributed by atoms with Gasteiger partial charge in [-0.15, -0.1) is 0 Å². The molecule has 4 rings (SSSR count). The molecule has 0 saturated carbocycles. The molecular formula is C20H21N3O4S. The molecule has 2 saturated heterocycles. The molecule has 0 amide bonds. The van der Waals surface area contributed by atoms with Crippen molar-refractivity contribution in [1.29, 1.82) is 0 Å². The van der Waals surface area contributed by atoms with E-state index >= 15 is 0 Å². The molecule has 146 valence electrons. The summed E-state index contributed by atoms with van der Waals surface area (Å²) in [6.45, 7) is 2.30. The van der Waals surface area contributed by atoms with Gasteiger partial charge in [0.15, 0.2) is 6.29 Å². The maximum absolute atomic E-state index is 10.9. The van der Waals surface area contributed by atoms with E-state index in [0.717, 1.165) is 16.0 Å². The van der Waals surface area contributed by atoms with Crippen molar-refractivity contribution in [3.8, 4) is 0 Å². The zero-order valence-electron chi connectivity index (χ0n) is 15.3. The highest BCUT2D eigenvalue weighted by Gasteiger charge is 2.49. The number of nitrogens with zero attached hydrogens (tertiary/aromatic N) is 3. The van der Waals surface area contributed by atoms with Crippen LogP contribution in [0.1, 0.15) is 17.4 Å². The van der Waals surface area contributed by atoms with Gasteiger partial charge in [0.2, 0.25) is 0 Å². The molecule has 2 fully saturated rings. The largest absolute Gasteiger partial charge is 0.390 e. The highest BCUT2D eigenvalue weighted by atomic mass is 32.2. The van der Waals surface area contributed by atoms with E-state index in [9.17, 15) is 5.11 Å². The van der Waals surface area contributed by atoms with Gasteiger partial charge in [0, 0.05) is 15.4 Å². The zero-order valence-corrected chi connectivity index (χ0v) is 16.1. The fourth-order valence-electron chi connectivity index (χ4n) is 3.39. The third-order valence-electron chi connectivity index (χ3n) is 4.86. The smallest absolute Gasteiger partial charge is 0.184 e. The summed E-state index contributed by atoms with van der Waals surface area (Å²) >= 11 is 1.42. The molecule has 1 N–H and O–H groups in total. The number of rotatable bonds is 4. The summed E-state index contributed by atoms with van der Waals surface area (Å²) in [5, 5.41) is 14.7. The van der Waals surface area contributed by atoms with E-state index in [4.69, 9.17) is 19.7 Å². The molecule has 0 spiro atoms. The van der Waals surface area contributed by atoms with Crippen molar-refractivity contribution in [2.75, 3.05) is 6.61 Å². The minimum absolute atomic E-state index is 0.287. The van der Waals surface area contributed by atoms with Gasteiger partial charge in [0.1, 0.15) is 23.7 Å². The van der Waals surface area contributed by atoms with Crippen molar-refractivity contribution in [2.45, 2.75) is 47.9 Å². The lowest BCUT2D eigenvalue weighted by atomic mass is 9.97. The summed E-state index contributed by atoms with van der Waals surface area (Å²) in [7, 11) is 0. The highest BCUT2D eigenvalue weighted by Crippen LogP contribution is 2.40. The van der Waals surface area contributed by atoms with E-state index in [2.05, 4.69) is 10.0 Å². The normalized spacial score (nSPS) is 32.2. The molecule has 2 aromatic carbocycles. The van der Waals surface area contributed by atoms with Gasteiger partial charge in [-0.2, -0.15) is 0 Å². The number of aliphatic hydroxyl groups excluding tert-OH is 1. The molecular weight excluding hydrogens is 378 g/mol. The van der Waals surface area contributed by atoms with Gasteiger partial charge < -0.3 is 19.3 Å². The van der Waals surface area contributed by atoms with Crippen LogP contribution in [0.2, 0.25) is 0 Å². The first-order valence-electron chi connectivity index (χ1n) is 9.09. The number of aliphatic hydroxyl groups is 1. The summed E-state index contributed by atoms with van der Waals surface area (Å²) in [5.41, 5.74) is 10.5. The average molecular weight is 399 g/mol. The lowest BCUT2D eigenvalue weighted by Gasteiger charge is -2.46. The number of thioether (sulfide) groups is 1. The van der Waals surface area contributed by atoms with E-state index in [0.29, 0.717) is 0 Å². The van der Waals surface area contributed by atoms with E-state index in [1.807, 2.05) is 61.5 Å². The molecule has 7 nitrogen and oxygen atoms in total. The summed E-state index contributed by atoms with van der Waals surface area (Å²) in [4.78, 5) is 3.89. The van der Waals surface area contributed by atoms with Crippen LogP contribution >= 0.6 is 11.8 Å². The Bertz CT molecular complexity index is 844. The third-order valence-corrected chi connectivity index (χ3v) is 6.03. The van der Waals surface area contributed by atoms with Crippen molar-refractivity contribution in [2.24, 2.45) is 5.11 Å². The SMILES string of the molecule is Cc1ccc(SC2O[C@@H]3COC(c4ccccc4)O[C@H]3[C@H](O)[C@H]2N=[N+]=[N-])cc1. The third kappa shape index (κ3) is 4.03. The zero-order chi connectivity index (χ0) is 19.5. The Morgan fingerprint density at radius 2 is 1.86 bits per heavy atom. The van der Waals surface area contributed by atoms with Gasteiger partial charge in [-0.25, -0.2) is 0 Å². The van der Waals surface area contributed by atoms with Crippen LogP contribution in [0.3, 0.4) is 0 Å². The number of hydrogen-bond acceptors (Lipinski definition) is 6. The summed E-state index contributed by atoms with van der Waals surface area (Å²) in [6.07, 6.45) is -2.66. The molecule has 2 aliphatic heterocycles. The fraction of sp³-hybridized carbons (Fsp3) is 0.400. The maximum Gasteiger partial charge on any atom is 0.184 e. The molecule has 8 heteroatoms. The standard InChI is InChI=1S/C20H21N3O4S/c1-12-7-9-14(10-8-12)28-20-16(22-23-21)17(24)18-15(26-20)11-25-19(27-18)13-5-3-2-4-6-13/h2-10,15-20,24H,11H2,1H3/t15-,16-,17-,18-,19?,20?/m1/s1. The fourth-order valence-corrected chi connectivity index (χ4v) is 4.50. The van der Waals surface area contributed by atoms with E-state index in [1.165, 1.54) is 11.8 Å². The average Bonchev–Trinajstić information content (AvgIpc) is 2.73. The van der Waals surface area contributed by atoms with Crippen LogP contribution in [-0.2, 0) is 14.2 Å². The van der Waals surface area contributed by atoms with E-state index in [1.54, 1.807) is 0 Å². The maximum atomic E-state index is 10.9. The lowest BCUT2D eigenvalue weighted by molar-refractivity contribution is -0.305. The second kappa shape index (κ2) is 8.53. The van der Waals surface area contributed by atoms with Crippen LogP contribution in [0, 0.1) is 6.92 Å². The predicted molar refractivity (Wildman–Crippen MR) is 105 cm³/mol. The molecule has 2 unspecified atom stereocenters. The first kappa shape index (κ1) is 19.3. The minimum Gasteiger partial charge on any atom is -0.390 e. The molecule has 0 aromatic heterocycles. The Hall–Kier alpha value is -2.06. The van der Waals surface area contributed by atoms with Crippen molar-refractivity contribution in [3.63, 3.8) is 0 Å². The van der Waals surface area contributed by atoms with Gasteiger partial charge in [0.05, 0.1) is 12.7 Å². The van der Waals surface area contributed by atoms with Crippen LogP contribution in [-0.4, -0.2) is 41.5 Å². The van der Waals surface area contributed by atoms with Crippen molar-refractivity contribution < 1.29 is 19.3 Å². The number of hydrogen-bond donors (Lipinski definition) is 1. The van der Waals surface area contributed by atoms with Gasteiger partial charge in [0.25, 0.3) is 0 Å². The predicted octanol–water partition coefficient (Wildman–Crippen LogP) is 3.97. The molecule has 6 atom stereocenters. The van der Waals surface area contributed by atoms with Gasteiger partial charge >= 0.3 is 0 Å². The second-order valence-corrected chi connectivity index (χ2v) is 8.01. The van der Waals surface area contributed by atoms with Crippen LogP contribution in [0.25, 0.3) is 10.4 Å². The number of azide groups is 1. The summed E-state index contributed by atoms with van der Waals surface area (Å²) in [6, 6.07) is 16.7. The monoisotopic (exact) mass is 399 g/mol. The topological polar surface area (TPSA) is 96.7 Å². The Morgan fingerprint density at radius 3 is 2.57 bits per heavy atom. The van der Waals surface area contributed by atoms with Gasteiger partial charge in [-0.3, -0.25) is 0 Å². The van der Waals surface area contributed by atoms with Crippen molar-refractivity contribution >= 4 is 11.8 Å². The van der Waals surface area contributed by atoms with E-state index < -0.39 is 36.1 Å². The lowest BCUT2D eigenvalue weighted by Crippen LogP contribution is -2.60. The Labute approximate surface area is 167 Å². The number of aryl methyl sites for hydroxylation is 1. The minimum atomic E-state index is -0.993. The number of benzene rings is 2. The van der Waals surface area contributed by atoms with Crippen LogP contribution < -0.4 is 0 Å². The Morgan fingerprint density at radius 1 is 1.11 bits per heavy atom. The van der Waals surface area contributed by atoms with Crippen molar-refractivity contribution in [3.05, 3.63) is 76.2 Å². The molecule has 2 heterocycles. The van der Waals surface area contributed by atoms with Crippen LogP contribution in [0.4, 0.5) is 0 Å². The van der Waals surface area contributed by atoms with Gasteiger partial charge in [-0.05, 0) is 24.6 Å². The summed E-state index contributed by atoms with van der Waals surface area (Å²) in [5.74, 6) is 0. The molecule has 0 bridgehead atoms. The molecule has 0 aliphatic carbocycles. The molecule has 2 aliphatic rings. The Kier molecular flexibility index (Phi) is 5.87. The van der Waals surface area contributed by atoms with Crippen LogP contribution in [0.5, 0.6) is 0 Å². The second-order valence-electron chi connectivity index (χ2n) is 6.84. The van der Waals surface area contributed by atoms with E-state index in [-0.39, 0.29) is 6.61 Å². The quantitative estimate of drug-likeness (QED) is 0.477. The van der Waals surface area contributed by atoms with Crippen molar-refractivity contribution in [1.82, 2.24) is 0 Å². The number of fused-ring (bicyclic) bond motifs is 1. The molecule has 28 heavy (non-hydrogen) atoms. The molecule has 0 radical (unpaired) electrons. The van der Waals surface area contributed by atoms with Gasteiger partial charge in [-0.1, -0.05) is 64.9 Å². The Balaban J connectivity index is 1.52. The first-order chi connectivity index (χ1) is 13.7.